The number of hydrogen-bond acceptors (Lipinski definition) is 6. The predicted octanol–water partition coefficient (Wildman–Crippen LogP) is -0.905. The maximum atomic E-state index is 12.2. The van der Waals surface area contributed by atoms with E-state index in [-0.39, 0.29) is 16.4 Å². The first-order chi connectivity index (χ1) is 10.6. The van der Waals surface area contributed by atoms with Crippen molar-refractivity contribution in [3.63, 3.8) is 0 Å². The summed E-state index contributed by atoms with van der Waals surface area (Å²) in [5.41, 5.74) is -0.326. The Balaban J connectivity index is 0.00000192. The van der Waals surface area contributed by atoms with Gasteiger partial charge in [0, 0.05) is 45.1 Å². The summed E-state index contributed by atoms with van der Waals surface area (Å²) in [6.07, 6.45) is 2.78. The minimum atomic E-state index is -1.24. The normalized spacial score (nSPS) is 14.6. The highest BCUT2D eigenvalue weighted by Gasteiger charge is 2.18. The van der Waals surface area contributed by atoms with Crippen LogP contribution < -0.4 is 15.6 Å². The highest BCUT2D eigenvalue weighted by atomic mass is 16.4. The van der Waals surface area contributed by atoms with Crippen molar-refractivity contribution in [3.8, 4) is 0 Å². The lowest BCUT2D eigenvalue weighted by molar-refractivity contribution is 0.0695. The van der Waals surface area contributed by atoms with Crippen molar-refractivity contribution in [3.05, 3.63) is 28.2 Å². The zero-order chi connectivity index (χ0) is 15.7. The first-order valence-corrected chi connectivity index (χ1v) is 7.21. The van der Waals surface area contributed by atoms with Gasteiger partial charge in [0.15, 0.2) is 0 Å². The second-order valence-electron chi connectivity index (χ2n) is 5.11. The molecule has 1 saturated heterocycles. The Hall–Kier alpha value is -2.52. The summed E-state index contributed by atoms with van der Waals surface area (Å²) in [6.45, 7) is 5.72. The van der Waals surface area contributed by atoms with Crippen molar-refractivity contribution in [2.75, 3.05) is 31.1 Å². The summed E-state index contributed by atoms with van der Waals surface area (Å²) in [5, 5.41) is 12.6. The molecule has 0 aliphatic carbocycles. The van der Waals surface area contributed by atoms with Crippen LogP contribution in [0.5, 0.6) is 0 Å². The SMILES string of the molecule is CCn1cc(C(=O)O)c(=O)c2cnc(N3CCNCC3)nc21.O. The van der Waals surface area contributed by atoms with E-state index in [0.717, 1.165) is 26.2 Å². The van der Waals surface area contributed by atoms with Crippen LogP contribution in [-0.2, 0) is 6.54 Å². The number of pyridine rings is 1. The fourth-order valence-electron chi connectivity index (χ4n) is 2.57. The molecule has 23 heavy (non-hydrogen) atoms. The summed E-state index contributed by atoms with van der Waals surface area (Å²) in [4.78, 5) is 34.2. The number of aryl methyl sites for hydroxylation is 1. The summed E-state index contributed by atoms with van der Waals surface area (Å²) >= 11 is 0. The van der Waals surface area contributed by atoms with Crippen LogP contribution in [0.15, 0.2) is 17.2 Å². The minimum Gasteiger partial charge on any atom is -0.477 e. The first kappa shape index (κ1) is 16.8. The Morgan fingerprint density at radius 1 is 1.39 bits per heavy atom. The largest absolute Gasteiger partial charge is 0.477 e. The van der Waals surface area contributed by atoms with Crippen LogP contribution in [0.3, 0.4) is 0 Å². The maximum absolute atomic E-state index is 12.2. The third-order valence-corrected chi connectivity index (χ3v) is 3.77. The molecule has 0 bridgehead atoms. The molecular weight excluding hydrogens is 302 g/mol. The van der Waals surface area contributed by atoms with Crippen LogP contribution >= 0.6 is 0 Å². The van der Waals surface area contributed by atoms with Crippen LogP contribution in [0.25, 0.3) is 11.0 Å². The number of aromatic nitrogens is 3. The van der Waals surface area contributed by atoms with Gasteiger partial charge in [-0.3, -0.25) is 4.79 Å². The van der Waals surface area contributed by atoms with Gasteiger partial charge in [-0.05, 0) is 6.92 Å². The molecule has 1 aliphatic heterocycles. The van der Waals surface area contributed by atoms with E-state index < -0.39 is 11.4 Å². The Bertz CT molecular complexity index is 783. The van der Waals surface area contributed by atoms with Crippen LogP contribution in [0.4, 0.5) is 5.95 Å². The molecule has 124 valence electrons. The van der Waals surface area contributed by atoms with E-state index in [2.05, 4.69) is 15.3 Å². The third-order valence-electron chi connectivity index (χ3n) is 3.77. The number of aromatic carboxylic acids is 1. The summed E-state index contributed by atoms with van der Waals surface area (Å²) in [5.74, 6) is -0.668. The lowest BCUT2D eigenvalue weighted by Crippen LogP contribution is -2.44. The number of anilines is 1. The molecule has 4 N–H and O–H groups in total. The molecule has 0 atom stereocenters. The van der Waals surface area contributed by atoms with Crippen molar-refractivity contribution in [2.45, 2.75) is 13.5 Å². The molecule has 0 aromatic carbocycles. The van der Waals surface area contributed by atoms with Gasteiger partial charge < -0.3 is 25.4 Å². The lowest BCUT2D eigenvalue weighted by atomic mass is 10.2. The molecule has 3 rings (SSSR count). The molecule has 3 heterocycles. The minimum absolute atomic E-state index is 0. The molecule has 0 spiro atoms. The average Bonchev–Trinajstić information content (AvgIpc) is 2.55. The predicted molar refractivity (Wildman–Crippen MR) is 85.1 cm³/mol. The van der Waals surface area contributed by atoms with Crippen LogP contribution in [-0.4, -0.2) is 57.3 Å². The second kappa shape index (κ2) is 6.71. The van der Waals surface area contributed by atoms with Gasteiger partial charge >= 0.3 is 5.97 Å². The van der Waals surface area contributed by atoms with Crippen molar-refractivity contribution in [1.29, 1.82) is 0 Å². The zero-order valence-corrected chi connectivity index (χ0v) is 12.7. The smallest absolute Gasteiger partial charge is 0.341 e. The number of rotatable bonds is 3. The fourth-order valence-corrected chi connectivity index (χ4v) is 2.57. The molecule has 2 aromatic heterocycles. The Morgan fingerprint density at radius 2 is 2.09 bits per heavy atom. The van der Waals surface area contributed by atoms with E-state index in [1.165, 1.54) is 12.4 Å². The number of fused-ring (bicyclic) bond motifs is 1. The highest BCUT2D eigenvalue weighted by Crippen LogP contribution is 2.14. The van der Waals surface area contributed by atoms with Gasteiger partial charge in [-0.1, -0.05) is 0 Å². The topological polar surface area (TPSA) is 132 Å². The van der Waals surface area contributed by atoms with E-state index >= 15 is 0 Å². The first-order valence-electron chi connectivity index (χ1n) is 7.21. The van der Waals surface area contributed by atoms with E-state index in [1.807, 2.05) is 11.8 Å². The molecular formula is C14H19N5O4. The van der Waals surface area contributed by atoms with Crippen LogP contribution in [0.1, 0.15) is 17.3 Å². The monoisotopic (exact) mass is 321 g/mol. The van der Waals surface area contributed by atoms with E-state index in [4.69, 9.17) is 5.11 Å². The van der Waals surface area contributed by atoms with Gasteiger partial charge in [-0.15, -0.1) is 0 Å². The number of carboxylic acid groups (broad SMARTS) is 1. The molecule has 0 saturated carbocycles. The third kappa shape index (κ3) is 3.01. The van der Waals surface area contributed by atoms with Crippen LogP contribution in [0.2, 0.25) is 0 Å². The Kier molecular flexibility index (Phi) is 4.92. The van der Waals surface area contributed by atoms with Crippen molar-refractivity contribution >= 4 is 23.0 Å². The molecule has 1 fully saturated rings. The number of hydrogen-bond donors (Lipinski definition) is 2. The van der Waals surface area contributed by atoms with Gasteiger partial charge in [0.25, 0.3) is 0 Å². The van der Waals surface area contributed by atoms with Gasteiger partial charge in [0.1, 0.15) is 11.2 Å². The quantitative estimate of drug-likeness (QED) is 0.748. The number of piperazine rings is 1. The maximum Gasteiger partial charge on any atom is 0.341 e. The molecule has 9 heteroatoms. The molecule has 0 unspecified atom stereocenters. The van der Waals surface area contributed by atoms with Gasteiger partial charge in [-0.25, -0.2) is 9.78 Å². The van der Waals surface area contributed by atoms with E-state index in [9.17, 15) is 9.59 Å². The van der Waals surface area contributed by atoms with Crippen molar-refractivity contribution in [1.82, 2.24) is 19.9 Å². The molecule has 9 nitrogen and oxygen atoms in total. The second-order valence-corrected chi connectivity index (χ2v) is 5.11. The Morgan fingerprint density at radius 3 is 2.70 bits per heavy atom. The number of carboxylic acids is 1. The van der Waals surface area contributed by atoms with Crippen molar-refractivity contribution < 1.29 is 15.4 Å². The molecule has 1 aliphatic rings. The summed E-state index contributed by atoms with van der Waals surface area (Å²) in [7, 11) is 0. The molecule has 0 radical (unpaired) electrons. The van der Waals surface area contributed by atoms with E-state index in [1.54, 1.807) is 4.57 Å². The summed E-state index contributed by atoms with van der Waals surface area (Å²) in [6, 6.07) is 0. The number of carbonyl (C=O) groups is 1. The molecule has 2 aromatic rings. The lowest BCUT2D eigenvalue weighted by Gasteiger charge is -2.27. The fraction of sp³-hybridized carbons (Fsp3) is 0.429. The van der Waals surface area contributed by atoms with Crippen molar-refractivity contribution in [2.24, 2.45) is 0 Å². The average molecular weight is 321 g/mol. The number of nitrogens with zero attached hydrogens (tertiary/aromatic N) is 4. The van der Waals surface area contributed by atoms with Gasteiger partial charge in [0.05, 0.1) is 5.39 Å². The van der Waals surface area contributed by atoms with E-state index in [0.29, 0.717) is 18.1 Å². The highest BCUT2D eigenvalue weighted by molar-refractivity contribution is 5.91. The zero-order valence-electron chi connectivity index (χ0n) is 12.7. The molecule has 0 amide bonds. The van der Waals surface area contributed by atoms with Crippen LogP contribution in [0, 0.1) is 0 Å². The van der Waals surface area contributed by atoms with Gasteiger partial charge in [-0.2, -0.15) is 4.98 Å². The van der Waals surface area contributed by atoms with Gasteiger partial charge in [0.2, 0.25) is 11.4 Å². The summed E-state index contributed by atoms with van der Waals surface area (Å²) < 4.78 is 1.67. The standard InChI is InChI=1S/C14H17N5O3.H2O/c1-2-18-8-10(13(21)22)11(20)9-7-16-14(17-12(9)18)19-5-3-15-4-6-19;/h7-8,15H,2-6H2,1H3,(H,21,22);1H2. The Labute approximate surface area is 131 Å². The number of nitrogens with one attached hydrogen (secondary N) is 1.